The molecule has 1 atom stereocenters. The number of sulfonamides is 1. The second-order valence-corrected chi connectivity index (χ2v) is 8.24. The second kappa shape index (κ2) is 7.25. The number of hydrogen-bond donors (Lipinski definition) is 1. The van der Waals surface area contributed by atoms with Crippen LogP contribution < -0.4 is 5.32 Å². The number of aryl methyl sites for hydroxylation is 1. The molecular weight excluding hydrogens is 332 g/mol. The Bertz CT molecular complexity index is 753. The number of rotatable bonds is 6. The van der Waals surface area contributed by atoms with E-state index in [-0.39, 0.29) is 16.7 Å². The van der Waals surface area contributed by atoms with Crippen LogP contribution in [0.3, 0.4) is 0 Å². The summed E-state index contributed by atoms with van der Waals surface area (Å²) in [6.07, 6.45) is 0. The maximum Gasteiger partial charge on any atom is 0.253 e. The van der Waals surface area contributed by atoms with E-state index in [2.05, 4.69) is 5.32 Å². The van der Waals surface area contributed by atoms with Crippen molar-refractivity contribution in [3.63, 3.8) is 0 Å². The molecule has 7 heteroatoms. The smallest absolute Gasteiger partial charge is 0.253 e. The maximum atomic E-state index is 12.6. The van der Waals surface area contributed by atoms with Crippen molar-refractivity contribution in [2.45, 2.75) is 31.0 Å². The van der Waals surface area contributed by atoms with Crippen molar-refractivity contribution in [1.82, 2.24) is 4.31 Å². The van der Waals surface area contributed by atoms with Crippen molar-refractivity contribution >= 4 is 33.0 Å². The maximum absolute atomic E-state index is 12.6. The monoisotopic (exact) mass is 352 g/mol. The van der Waals surface area contributed by atoms with Gasteiger partial charge in [-0.2, -0.15) is 4.31 Å². The van der Waals surface area contributed by atoms with Crippen LogP contribution in [0, 0.1) is 6.92 Å². The highest BCUT2D eigenvalue weighted by Crippen LogP contribution is 2.23. The van der Waals surface area contributed by atoms with Crippen molar-refractivity contribution in [2.24, 2.45) is 0 Å². The molecule has 2 rings (SSSR count). The number of benzene rings is 1. The van der Waals surface area contributed by atoms with Crippen LogP contribution in [0.4, 0.5) is 5.69 Å². The highest BCUT2D eigenvalue weighted by atomic mass is 32.2. The highest BCUT2D eigenvalue weighted by Gasteiger charge is 2.32. The molecule has 0 spiro atoms. The lowest BCUT2D eigenvalue weighted by Crippen LogP contribution is -2.45. The molecule has 0 fully saturated rings. The van der Waals surface area contributed by atoms with E-state index in [0.717, 1.165) is 16.9 Å². The molecule has 0 saturated heterocycles. The zero-order valence-corrected chi connectivity index (χ0v) is 14.9. The number of hydrogen-bond acceptors (Lipinski definition) is 4. The lowest BCUT2D eigenvalue weighted by atomic mass is 10.2. The average molecular weight is 352 g/mol. The number of carbonyl (C=O) groups is 1. The van der Waals surface area contributed by atoms with Gasteiger partial charge in [-0.3, -0.25) is 4.79 Å². The molecule has 0 bridgehead atoms. The molecule has 0 radical (unpaired) electrons. The number of amides is 1. The minimum atomic E-state index is -3.66. The lowest BCUT2D eigenvalue weighted by Gasteiger charge is -2.25. The topological polar surface area (TPSA) is 66.5 Å². The number of nitrogens with zero attached hydrogens (tertiary/aromatic N) is 1. The molecular formula is C16H20N2O3S2. The van der Waals surface area contributed by atoms with Gasteiger partial charge in [-0.25, -0.2) is 8.42 Å². The summed E-state index contributed by atoms with van der Waals surface area (Å²) in [4.78, 5) is 12.4. The van der Waals surface area contributed by atoms with Gasteiger partial charge in [0, 0.05) is 12.2 Å². The SMILES string of the molecule is CCN([C@H](C)C(=O)Nc1ccc(C)cc1)S(=O)(=O)c1cccs1. The summed E-state index contributed by atoms with van der Waals surface area (Å²) in [5, 5.41) is 4.47. The molecule has 1 aromatic heterocycles. The molecule has 1 N–H and O–H groups in total. The normalized spacial score (nSPS) is 13.0. The lowest BCUT2D eigenvalue weighted by molar-refractivity contribution is -0.119. The molecule has 0 saturated carbocycles. The Morgan fingerprint density at radius 1 is 1.26 bits per heavy atom. The van der Waals surface area contributed by atoms with Crippen molar-refractivity contribution < 1.29 is 13.2 Å². The number of anilines is 1. The van der Waals surface area contributed by atoms with Crippen LogP contribution in [0.2, 0.25) is 0 Å². The van der Waals surface area contributed by atoms with E-state index < -0.39 is 16.1 Å². The van der Waals surface area contributed by atoms with Gasteiger partial charge in [-0.05, 0) is 37.4 Å². The summed E-state index contributed by atoms with van der Waals surface area (Å²) in [6.45, 7) is 5.50. The third-order valence-electron chi connectivity index (χ3n) is 3.50. The standard InChI is InChI=1S/C16H20N2O3S2/c1-4-18(23(20,21)15-6-5-11-22-15)13(3)16(19)17-14-9-7-12(2)8-10-14/h5-11,13H,4H2,1-3H3,(H,17,19)/t13-/m1/s1. The van der Waals surface area contributed by atoms with Gasteiger partial charge >= 0.3 is 0 Å². The Labute approximate surface area is 141 Å². The third kappa shape index (κ3) is 3.99. The predicted octanol–water partition coefficient (Wildman–Crippen LogP) is 3.09. The summed E-state index contributed by atoms with van der Waals surface area (Å²) in [6, 6.07) is 9.80. The molecule has 0 aliphatic rings. The van der Waals surface area contributed by atoms with Crippen LogP contribution in [0.1, 0.15) is 19.4 Å². The zero-order valence-electron chi connectivity index (χ0n) is 13.3. The Balaban J connectivity index is 2.17. The molecule has 0 unspecified atom stereocenters. The Hall–Kier alpha value is -1.70. The van der Waals surface area contributed by atoms with Crippen LogP contribution in [-0.4, -0.2) is 31.2 Å². The molecule has 0 aliphatic heterocycles. The van der Waals surface area contributed by atoms with Crippen molar-refractivity contribution in [1.29, 1.82) is 0 Å². The van der Waals surface area contributed by atoms with Crippen molar-refractivity contribution in [3.05, 3.63) is 47.3 Å². The molecule has 1 aromatic carbocycles. The largest absolute Gasteiger partial charge is 0.325 e. The molecule has 1 heterocycles. The van der Waals surface area contributed by atoms with Crippen LogP contribution in [0.15, 0.2) is 46.0 Å². The summed E-state index contributed by atoms with van der Waals surface area (Å²) < 4.78 is 26.7. The zero-order chi connectivity index (χ0) is 17.0. The summed E-state index contributed by atoms with van der Waals surface area (Å²) >= 11 is 1.15. The molecule has 5 nitrogen and oxygen atoms in total. The Morgan fingerprint density at radius 2 is 1.91 bits per heavy atom. The molecule has 124 valence electrons. The summed E-state index contributed by atoms with van der Waals surface area (Å²) in [5.41, 5.74) is 1.74. The molecule has 1 amide bonds. The van der Waals surface area contributed by atoms with Gasteiger partial charge in [0.2, 0.25) is 5.91 Å². The summed E-state index contributed by atoms with van der Waals surface area (Å²) in [7, 11) is -3.66. The van der Waals surface area contributed by atoms with Gasteiger partial charge in [0.15, 0.2) is 0 Å². The minimum absolute atomic E-state index is 0.225. The number of nitrogens with one attached hydrogen (secondary N) is 1. The first-order valence-electron chi connectivity index (χ1n) is 7.29. The number of carbonyl (C=O) groups excluding carboxylic acids is 1. The van der Waals surface area contributed by atoms with Crippen molar-refractivity contribution in [2.75, 3.05) is 11.9 Å². The van der Waals surface area contributed by atoms with E-state index in [0.29, 0.717) is 5.69 Å². The van der Waals surface area contributed by atoms with E-state index in [9.17, 15) is 13.2 Å². The van der Waals surface area contributed by atoms with Gasteiger partial charge in [-0.1, -0.05) is 30.7 Å². The fraction of sp³-hybridized carbons (Fsp3) is 0.312. The minimum Gasteiger partial charge on any atom is -0.325 e. The molecule has 0 aliphatic carbocycles. The Morgan fingerprint density at radius 3 is 2.43 bits per heavy atom. The van der Waals surface area contributed by atoms with E-state index in [4.69, 9.17) is 0 Å². The molecule has 2 aromatic rings. The number of likely N-dealkylation sites (N-methyl/N-ethyl adjacent to an activating group) is 1. The fourth-order valence-corrected chi connectivity index (χ4v) is 4.91. The van der Waals surface area contributed by atoms with Crippen LogP contribution in [0.25, 0.3) is 0 Å². The van der Waals surface area contributed by atoms with E-state index in [1.807, 2.05) is 19.1 Å². The van der Waals surface area contributed by atoms with Crippen LogP contribution in [0.5, 0.6) is 0 Å². The van der Waals surface area contributed by atoms with Gasteiger partial charge < -0.3 is 5.32 Å². The first kappa shape index (κ1) is 17.7. The van der Waals surface area contributed by atoms with Crippen LogP contribution in [-0.2, 0) is 14.8 Å². The third-order valence-corrected chi connectivity index (χ3v) is 6.92. The highest BCUT2D eigenvalue weighted by molar-refractivity contribution is 7.91. The van der Waals surface area contributed by atoms with E-state index in [1.54, 1.807) is 43.5 Å². The van der Waals surface area contributed by atoms with E-state index in [1.165, 1.54) is 4.31 Å². The van der Waals surface area contributed by atoms with E-state index >= 15 is 0 Å². The van der Waals surface area contributed by atoms with Crippen molar-refractivity contribution in [3.8, 4) is 0 Å². The predicted molar refractivity (Wildman–Crippen MR) is 93.2 cm³/mol. The quantitative estimate of drug-likeness (QED) is 0.869. The second-order valence-electron chi connectivity index (χ2n) is 5.17. The fourth-order valence-electron chi connectivity index (χ4n) is 2.19. The van der Waals surface area contributed by atoms with Gasteiger partial charge in [-0.15, -0.1) is 11.3 Å². The first-order chi connectivity index (χ1) is 10.9. The molecule has 23 heavy (non-hydrogen) atoms. The number of thiophene rings is 1. The Kier molecular flexibility index (Phi) is 5.56. The van der Waals surface area contributed by atoms with Gasteiger partial charge in [0.1, 0.15) is 10.3 Å². The van der Waals surface area contributed by atoms with Gasteiger partial charge in [0.25, 0.3) is 10.0 Å². The van der Waals surface area contributed by atoms with Crippen LogP contribution >= 0.6 is 11.3 Å². The first-order valence-corrected chi connectivity index (χ1v) is 9.61. The average Bonchev–Trinajstić information content (AvgIpc) is 3.05. The summed E-state index contributed by atoms with van der Waals surface area (Å²) in [5.74, 6) is -0.351. The van der Waals surface area contributed by atoms with Gasteiger partial charge in [0.05, 0.1) is 0 Å².